The first-order chi connectivity index (χ1) is 10.9. The lowest BCUT2D eigenvalue weighted by molar-refractivity contribution is -0.132. The molecule has 1 rings (SSSR count). The Hall–Kier alpha value is -1.19. The van der Waals surface area contributed by atoms with Gasteiger partial charge in [0.1, 0.15) is 5.75 Å². The van der Waals surface area contributed by atoms with E-state index in [0.717, 1.165) is 11.3 Å². The van der Waals surface area contributed by atoms with E-state index in [1.165, 1.54) is 0 Å². The van der Waals surface area contributed by atoms with Crippen LogP contribution in [-0.2, 0) is 6.54 Å². The Labute approximate surface area is 158 Å². The normalized spacial score (nSPS) is 11.7. The molecule has 0 heterocycles. The zero-order chi connectivity index (χ0) is 17.3. The zero-order valence-electron chi connectivity index (χ0n) is 14.2. The number of rotatable bonds is 7. The van der Waals surface area contributed by atoms with Gasteiger partial charge in [0, 0.05) is 20.1 Å². The Morgan fingerprint density at radius 1 is 1.21 bits per heavy atom. The van der Waals surface area contributed by atoms with Crippen molar-refractivity contribution in [3.63, 3.8) is 0 Å². The van der Waals surface area contributed by atoms with Crippen LogP contribution in [0.4, 0.5) is 13.2 Å². The number of ether oxygens (including phenoxy) is 1. The minimum absolute atomic E-state index is 0. The molecule has 0 radical (unpaired) electrons. The summed E-state index contributed by atoms with van der Waals surface area (Å²) < 4.78 is 42.1. The molecule has 0 fully saturated rings. The van der Waals surface area contributed by atoms with Crippen molar-refractivity contribution in [2.24, 2.45) is 4.99 Å². The topological polar surface area (TPSA) is 36.9 Å². The Bertz CT molecular complexity index is 492. The Morgan fingerprint density at radius 2 is 1.83 bits per heavy atom. The first-order valence-electron chi connectivity index (χ1n) is 7.63. The molecule has 0 aromatic heterocycles. The lowest BCUT2D eigenvalue weighted by Gasteiger charge is -2.22. The van der Waals surface area contributed by atoms with E-state index >= 15 is 0 Å². The van der Waals surface area contributed by atoms with Gasteiger partial charge in [-0.1, -0.05) is 12.1 Å². The molecule has 0 saturated carbocycles. The summed E-state index contributed by atoms with van der Waals surface area (Å²) in [4.78, 5) is 5.83. The molecule has 0 amide bonds. The number of hydrogen-bond acceptors (Lipinski definition) is 2. The predicted octanol–water partition coefficient (Wildman–Crippen LogP) is 4.05. The van der Waals surface area contributed by atoms with Crippen LogP contribution < -0.4 is 10.1 Å². The van der Waals surface area contributed by atoms with Crippen molar-refractivity contribution in [1.29, 1.82) is 0 Å². The molecule has 24 heavy (non-hydrogen) atoms. The second-order valence-corrected chi connectivity index (χ2v) is 5.03. The first-order valence-corrected chi connectivity index (χ1v) is 7.63. The van der Waals surface area contributed by atoms with E-state index in [2.05, 4.69) is 10.3 Å². The summed E-state index contributed by atoms with van der Waals surface area (Å²) in [5.41, 5.74) is 1.03. The van der Waals surface area contributed by atoms with E-state index in [1.807, 2.05) is 38.1 Å². The number of benzene rings is 1. The molecule has 0 aliphatic heterocycles. The molecule has 8 heteroatoms. The van der Waals surface area contributed by atoms with Crippen LogP contribution in [0.5, 0.6) is 5.75 Å². The maximum atomic E-state index is 12.2. The van der Waals surface area contributed by atoms with Crippen molar-refractivity contribution >= 4 is 29.9 Å². The van der Waals surface area contributed by atoms with Crippen molar-refractivity contribution in [3.8, 4) is 5.75 Å². The summed E-state index contributed by atoms with van der Waals surface area (Å²) in [5, 5.41) is 3.00. The van der Waals surface area contributed by atoms with E-state index < -0.39 is 12.6 Å². The standard InChI is InChI=1S/C16H24F3N3O.HI/c1-4-20-15(21-11-10-16(17,18)19)22(3)12-13-6-8-14(9-7-13)23-5-2;/h6-9H,4-5,10-12H2,1-3H3,(H,20,21);1H. The average molecular weight is 459 g/mol. The summed E-state index contributed by atoms with van der Waals surface area (Å²) in [5.74, 6) is 1.26. The molecule has 0 atom stereocenters. The van der Waals surface area contributed by atoms with Crippen LogP contribution in [0, 0.1) is 0 Å². The molecule has 0 saturated heterocycles. The van der Waals surface area contributed by atoms with Gasteiger partial charge in [0.05, 0.1) is 19.6 Å². The van der Waals surface area contributed by atoms with Gasteiger partial charge in [0.25, 0.3) is 0 Å². The third-order valence-electron chi connectivity index (χ3n) is 3.01. The number of hydrogen-bond donors (Lipinski definition) is 1. The molecule has 4 nitrogen and oxygen atoms in total. The van der Waals surface area contributed by atoms with Crippen molar-refractivity contribution in [2.75, 3.05) is 26.7 Å². The van der Waals surface area contributed by atoms with Crippen LogP contribution in [0.25, 0.3) is 0 Å². The Morgan fingerprint density at radius 3 is 2.33 bits per heavy atom. The molecule has 0 unspecified atom stereocenters. The second-order valence-electron chi connectivity index (χ2n) is 5.03. The maximum Gasteiger partial charge on any atom is 0.390 e. The number of guanidine groups is 1. The van der Waals surface area contributed by atoms with E-state index in [1.54, 1.807) is 11.9 Å². The predicted molar refractivity (Wildman–Crippen MR) is 101 cm³/mol. The number of nitrogens with one attached hydrogen (secondary N) is 1. The van der Waals surface area contributed by atoms with Gasteiger partial charge in [-0.25, -0.2) is 0 Å². The largest absolute Gasteiger partial charge is 0.494 e. The highest BCUT2D eigenvalue weighted by atomic mass is 127. The minimum Gasteiger partial charge on any atom is -0.494 e. The summed E-state index contributed by atoms with van der Waals surface area (Å²) in [7, 11) is 1.80. The summed E-state index contributed by atoms with van der Waals surface area (Å²) in [6, 6.07) is 7.61. The van der Waals surface area contributed by atoms with E-state index in [0.29, 0.717) is 25.7 Å². The van der Waals surface area contributed by atoms with Gasteiger partial charge < -0.3 is 15.0 Å². The number of alkyl halides is 3. The highest BCUT2D eigenvalue weighted by molar-refractivity contribution is 14.0. The number of aliphatic imine (C=N–C) groups is 1. The van der Waals surface area contributed by atoms with Crippen LogP contribution in [0.3, 0.4) is 0 Å². The molecular formula is C16H25F3IN3O. The monoisotopic (exact) mass is 459 g/mol. The fraction of sp³-hybridized carbons (Fsp3) is 0.562. The van der Waals surface area contributed by atoms with E-state index in [9.17, 15) is 13.2 Å². The molecule has 0 aliphatic carbocycles. The lowest BCUT2D eigenvalue weighted by Crippen LogP contribution is -2.38. The minimum atomic E-state index is -4.19. The molecule has 0 bridgehead atoms. The van der Waals surface area contributed by atoms with Crippen molar-refractivity contribution in [3.05, 3.63) is 29.8 Å². The summed E-state index contributed by atoms with van der Waals surface area (Å²) in [6.45, 7) is 5.27. The highest BCUT2D eigenvalue weighted by Crippen LogP contribution is 2.19. The van der Waals surface area contributed by atoms with Gasteiger partial charge in [-0.3, -0.25) is 4.99 Å². The molecular weight excluding hydrogens is 434 g/mol. The smallest absolute Gasteiger partial charge is 0.390 e. The van der Waals surface area contributed by atoms with Crippen LogP contribution in [0.1, 0.15) is 25.8 Å². The fourth-order valence-electron chi connectivity index (χ4n) is 1.96. The molecule has 0 spiro atoms. The van der Waals surface area contributed by atoms with Gasteiger partial charge in [-0.05, 0) is 31.5 Å². The van der Waals surface area contributed by atoms with Crippen molar-refractivity contribution < 1.29 is 17.9 Å². The highest BCUT2D eigenvalue weighted by Gasteiger charge is 2.26. The van der Waals surface area contributed by atoms with Gasteiger partial charge in [0.15, 0.2) is 5.96 Å². The van der Waals surface area contributed by atoms with Crippen LogP contribution >= 0.6 is 24.0 Å². The van der Waals surface area contributed by atoms with E-state index in [-0.39, 0.29) is 30.5 Å². The molecule has 1 aromatic rings. The summed E-state index contributed by atoms with van der Waals surface area (Å²) in [6.07, 6.45) is -5.10. The van der Waals surface area contributed by atoms with Crippen molar-refractivity contribution in [2.45, 2.75) is 33.0 Å². The zero-order valence-corrected chi connectivity index (χ0v) is 16.5. The van der Waals surface area contributed by atoms with E-state index in [4.69, 9.17) is 4.74 Å². The van der Waals surface area contributed by atoms with Crippen LogP contribution in [0.15, 0.2) is 29.3 Å². The van der Waals surface area contributed by atoms with Crippen LogP contribution in [-0.4, -0.2) is 43.8 Å². The number of nitrogens with zero attached hydrogens (tertiary/aromatic N) is 2. The SMILES string of the molecule is CCNC(=NCCC(F)(F)F)N(C)Cc1ccc(OCC)cc1.I. The van der Waals surface area contributed by atoms with Gasteiger partial charge >= 0.3 is 6.18 Å². The van der Waals surface area contributed by atoms with Gasteiger partial charge in [-0.15, -0.1) is 24.0 Å². The average Bonchev–Trinajstić information content (AvgIpc) is 2.47. The molecule has 138 valence electrons. The maximum absolute atomic E-state index is 12.2. The fourth-order valence-corrected chi connectivity index (χ4v) is 1.96. The molecule has 1 aromatic carbocycles. The van der Waals surface area contributed by atoms with Gasteiger partial charge in [-0.2, -0.15) is 13.2 Å². The Balaban J connectivity index is 0.00000529. The first kappa shape index (κ1) is 22.8. The third kappa shape index (κ3) is 9.19. The lowest BCUT2D eigenvalue weighted by atomic mass is 10.2. The third-order valence-corrected chi connectivity index (χ3v) is 3.01. The van der Waals surface area contributed by atoms with Crippen molar-refractivity contribution in [1.82, 2.24) is 10.2 Å². The Kier molecular flexibility index (Phi) is 10.8. The molecule has 0 aliphatic rings. The van der Waals surface area contributed by atoms with Crippen LogP contribution in [0.2, 0.25) is 0 Å². The quantitative estimate of drug-likeness (QED) is 0.380. The van der Waals surface area contributed by atoms with Gasteiger partial charge in [0.2, 0.25) is 0 Å². The second kappa shape index (κ2) is 11.4. The summed E-state index contributed by atoms with van der Waals surface area (Å²) >= 11 is 0. The molecule has 1 N–H and O–H groups in total. The number of halogens is 4.